The molecule has 19 heavy (non-hydrogen) atoms. The number of aliphatic carboxylic acids is 1. The number of nitrogens with zero attached hydrogens (tertiary/aromatic N) is 1. The van der Waals surface area contributed by atoms with Crippen molar-refractivity contribution in [3.8, 4) is 0 Å². The Labute approximate surface area is 114 Å². The summed E-state index contributed by atoms with van der Waals surface area (Å²) in [5.74, 6) is -0.995. The van der Waals surface area contributed by atoms with Crippen LogP contribution in [0.2, 0.25) is 0 Å². The fourth-order valence-corrected chi connectivity index (χ4v) is 2.39. The van der Waals surface area contributed by atoms with Crippen molar-refractivity contribution in [1.82, 2.24) is 4.90 Å². The Kier molecular flexibility index (Phi) is 4.28. The van der Waals surface area contributed by atoms with E-state index in [2.05, 4.69) is 6.58 Å². The average Bonchev–Trinajstić information content (AvgIpc) is 2.55. The van der Waals surface area contributed by atoms with Gasteiger partial charge >= 0.3 is 12.1 Å². The number of carboxylic acids is 1. The molecule has 1 heterocycles. The zero-order chi connectivity index (χ0) is 14.8. The minimum Gasteiger partial charge on any atom is -0.480 e. The van der Waals surface area contributed by atoms with Gasteiger partial charge in [0.1, 0.15) is 11.1 Å². The second-order valence-electron chi connectivity index (χ2n) is 6.15. The molecule has 108 valence electrons. The quantitative estimate of drug-likeness (QED) is 0.800. The van der Waals surface area contributed by atoms with Crippen LogP contribution in [0.3, 0.4) is 0 Å². The Morgan fingerprint density at radius 2 is 2.11 bits per heavy atom. The van der Waals surface area contributed by atoms with Crippen molar-refractivity contribution in [2.24, 2.45) is 0 Å². The summed E-state index contributed by atoms with van der Waals surface area (Å²) in [6.07, 6.45) is 2.79. The summed E-state index contributed by atoms with van der Waals surface area (Å²) in [6.45, 7) is 10.5. The van der Waals surface area contributed by atoms with E-state index in [9.17, 15) is 14.7 Å². The zero-order valence-electron chi connectivity index (χ0n) is 12.1. The van der Waals surface area contributed by atoms with Crippen molar-refractivity contribution in [2.75, 3.05) is 0 Å². The molecule has 1 rings (SSSR count). The highest BCUT2D eigenvalue weighted by Crippen LogP contribution is 2.37. The lowest BCUT2D eigenvalue weighted by Crippen LogP contribution is -2.54. The smallest absolute Gasteiger partial charge is 0.411 e. The molecule has 5 nitrogen and oxygen atoms in total. The predicted molar refractivity (Wildman–Crippen MR) is 71.9 cm³/mol. The molecule has 0 aromatic carbocycles. The van der Waals surface area contributed by atoms with Crippen molar-refractivity contribution in [3.05, 3.63) is 12.7 Å². The van der Waals surface area contributed by atoms with E-state index in [0.717, 1.165) is 0 Å². The van der Waals surface area contributed by atoms with Crippen LogP contribution in [0, 0.1) is 0 Å². The number of amides is 1. The number of ether oxygens (including phenoxy) is 1. The molecule has 1 unspecified atom stereocenters. The van der Waals surface area contributed by atoms with Crippen LogP contribution < -0.4 is 0 Å². The molecule has 0 radical (unpaired) electrons. The third kappa shape index (κ3) is 3.28. The Morgan fingerprint density at radius 1 is 1.53 bits per heavy atom. The summed E-state index contributed by atoms with van der Waals surface area (Å²) in [6, 6.07) is -0.159. The summed E-state index contributed by atoms with van der Waals surface area (Å²) in [4.78, 5) is 25.1. The molecule has 0 saturated carbocycles. The van der Waals surface area contributed by atoms with Crippen LogP contribution in [0.4, 0.5) is 4.79 Å². The molecule has 0 bridgehead atoms. The highest BCUT2D eigenvalue weighted by molar-refractivity contribution is 5.85. The first-order chi connectivity index (χ1) is 8.62. The minimum absolute atomic E-state index is 0.159. The topological polar surface area (TPSA) is 66.8 Å². The van der Waals surface area contributed by atoms with Gasteiger partial charge in [-0.1, -0.05) is 6.08 Å². The van der Waals surface area contributed by atoms with Crippen LogP contribution in [-0.2, 0) is 9.53 Å². The van der Waals surface area contributed by atoms with Gasteiger partial charge in [-0.2, -0.15) is 0 Å². The van der Waals surface area contributed by atoms with Gasteiger partial charge < -0.3 is 9.84 Å². The molecule has 1 saturated heterocycles. The number of rotatable bonds is 3. The third-order valence-corrected chi connectivity index (χ3v) is 3.35. The second kappa shape index (κ2) is 5.23. The molecule has 0 spiro atoms. The van der Waals surface area contributed by atoms with E-state index in [1.807, 2.05) is 0 Å². The lowest BCUT2D eigenvalue weighted by Gasteiger charge is -2.36. The predicted octanol–water partition coefficient (Wildman–Crippen LogP) is 2.81. The molecule has 5 heteroatoms. The maximum Gasteiger partial charge on any atom is 0.411 e. The molecule has 0 aromatic rings. The molecule has 1 amide bonds. The first-order valence-electron chi connectivity index (χ1n) is 6.48. The Balaban J connectivity index is 3.02. The van der Waals surface area contributed by atoms with Gasteiger partial charge in [0.2, 0.25) is 0 Å². The van der Waals surface area contributed by atoms with Gasteiger partial charge in [-0.3, -0.25) is 4.90 Å². The summed E-state index contributed by atoms with van der Waals surface area (Å²) in [5, 5.41) is 9.40. The van der Waals surface area contributed by atoms with Crippen LogP contribution in [0.5, 0.6) is 0 Å². The number of carboxylic acid groups (broad SMARTS) is 1. The monoisotopic (exact) mass is 269 g/mol. The first-order valence-corrected chi connectivity index (χ1v) is 6.48. The molecule has 1 aliphatic heterocycles. The van der Waals surface area contributed by atoms with E-state index in [4.69, 9.17) is 4.74 Å². The maximum atomic E-state index is 12.3. The van der Waals surface area contributed by atoms with Gasteiger partial charge in [0.25, 0.3) is 0 Å². The van der Waals surface area contributed by atoms with Crippen molar-refractivity contribution in [3.63, 3.8) is 0 Å². The van der Waals surface area contributed by atoms with Gasteiger partial charge in [-0.15, -0.1) is 6.58 Å². The largest absolute Gasteiger partial charge is 0.480 e. The normalized spacial score (nSPS) is 27.2. The summed E-state index contributed by atoms with van der Waals surface area (Å²) >= 11 is 0. The van der Waals surface area contributed by atoms with Crippen molar-refractivity contribution < 1.29 is 19.4 Å². The lowest BCUT2D eigenvalue weighted by molar-refractivity contribution is -0.149. The molecule has 0 aromatic heterocycles. The Morgan fingerprint density at radius 3 is 2.53 bits per heavy atom. The third-order valence-electron chi connectivity index (χ3n) is 3.35. The lowest BCUT2D eigenvalue weighted by atomic mass is 10.00. The van der Waals surface area contributed by atoms with Crippen molar-refractivity contribution >= 4 is 12.1 Å². The van der Waals surface area contributed by atoms with Gasteiger partial charge in [0, 0.05) is 6.04 Å². The van der Waals surface area contributed by atoms with E-state index in [1.165, 1.54) is 4.90 Å². The Bertz CT molecular complexity index is 385. The first kappa shape index (κ1) is 15.5. The van der Waals surface area contributed by atoms with Gasteiger partial charge in [0.05, 0.1) is 0 Å². The van der Waals surface area contributed by atoms with E-state index in [1.54, 1.807) is 33.8 Å². The number of carbonyl (C=O) groups is 2. The molecule has 0 aliphatic carbocycles. The maximum absolute atomic E-state index is 12.3. The second-order valence-corrected chi connectivity index (χ2v) is 6.15. The Hall–Kier alpha value is -1.52. The van der Waals surface area contributed by atoms with E-state index in [-0.39, 0.29) is 6.04 Å². The summed E-state index contributed by atoms with van der Waals surface area (Å²) in [5.41, 5.74) is -1.84. The van der Waals surface area contributed by atoms with Crippen LogP contribution in [0.1, 0.15) is 47.0 Å². The molecule has 1 aliphatic rings. The van der Waals surface area contributed by atoms with E-state index < -0.39 is 23.2 Å². The fraction of sp³-hybridized carbons (Fsp3) is 0.714. The highest BCUT2D eigenvalue weighted by atomic mass is 16.6. The van der Waals surface area contributed by atoms with Crippen molar-refractivity contribution in [2.45, 2.75) is 64.1 Å². The van der Waals surface area contributed by atoms with Gasteiger partial charge in [-0.05, 0) is 47.0 Å². The van der Waals surface area contributed by atoms with Crippen molar-refractivity contribution in [1.29, 1.82) is 0 Å². The number of hydrogen-bond donors (Lipinski definition) is 1. The molecule has 1 fully saturated rings. The van der Waals surface area contributed by atoms with Crippen LogP contribution in [0.15, 0.2) is 12.7 Å². The van der Waals surface area contributed by atoms with Crippen LogP contribution in [-0.4, -0.2) is 39.3 Å². The zero-order valence-corrected chi connectivity index (χ0v) is 12.1. The molecule has 2 atom stereocenters. The van der Waals surface area contributed by atoms with Gasteiger partial charge in [-0.25, -0.2) is 9.59 Å². The van der Waals surface area contributed by atoms with E-state index in [0.29, 0.717) is 19.3 Å². The van der Waals surface area contributed by atoms with Gasteiger partial charge in [0.15, 0.2) is 0 Å². The molecular weight excluding hydrogens is 246 g/mol. The number of hydrogen-bond acceptors (Lipinski definition) is 3. The van der Waals surface area contributed by atoms with Crippen LogP contribution >= 0.6 is 0 Å². The van der Waals surface area contributed by atoms with E-state index >= 15 is 0 Å². The molecule has 1 N–H and O–H groups in total. The minimum atomic E-state index is -1.20. The molecular formula is C14H23NO4. The fourth-order valence-electron chi connectivity index (χ4n) is 2.39. The standard InChI is InChI=1S/C14H23NO4/c1-6-7-10-8-9-14(5,11(16)17)15(10)12(18)19-13(2,3)4/h6,10H,1,7-9H2,2-5H3,(H,16,17)/t10?,14-/m0/s1. The number of likely N-dealkylation sites (tertiary alicyclic amines) is 1. The number of carbonyl (C=O) groups excluding carboxylic acids is 1. The summed E-state index contributed by atoms with van der Waals surface area (Å²) in [7, 11) is 0. The summed E-state index contributed by atoms with van der Waals surface area (Å²) < 4.78 is 5.33. The average molecular weight is 269 g/mol. The SMILES string of the molecule is C=CCC1CC[C@@](C)(C(=O)O)N1C(=O)OC(C)(C)C. The van der Waals surface area contributed by atoms with Crippen LogP contribution in [0.25, 0.3) is 0 Å². The highest BCUT2D eigenvalue weighted by Gasteiger charge is 2.51.